The lowest BCUT2D eigenvalue weighted by molar-refractivity contribution is -0.113. The van der Waals surface area contributed by atoms with Crippen LogP contribution in [0, 0.1) is 0 Å². The summed E-state index contributed by atoms with van der Waals surface area (Å²) in [6, 6.07) is 5.84. The van der Waals surface area contributed by atoms with Gasteiger partial charge in [0, 0.05) is 10.6 Å². The van der Waals surface area contributed by atoms with Gasteiger partial charge in [-0.3, -0.25) is 10.6 Å². The first-order valence-corrected chi connectivity index (χ1v) is 5.52. The van der Waals surface area contributed by atoms with Crippen LogP contribution in [-0.4, -0.2) is 18.3 Å². The van der Waals surface area contributed by atoms with Crippen LogP contribution in [0.4, 0.5) is 11.4 Å². The van der Waals surface area contributed by atoms with Gasteiger partial charge in [-0.1, -0.05) is 0 Å². The van der Waals surface area contributed by atoms with Crippen LogP contribution in [0.5, 0.6) is 0 Å². The molecule has 0 unspecified atom stereocenters. The molecule has 0 bridgehead atoms. The molecule has 1 aromatic carbocycles. The van der Waals surface area contributed by atoms with Crippen molar-refractivity contribution in [2.24, 2.45) is 5.84 Å². The largest absolute Gasteiger partial charge is 0.371 e. The number of nitrogens with one attached hydrogen (secondary N) is 3. The highest BCUT2D eigenvalue weighted by atomic mass is 32.2. The van der Waals surface area contributed by atoms with Gasteiger partial charge >= 0.3 is 0 Å². The third-order valence-electron chi connectivity index (χ3n) is 2.01. The summed E-state index contributed by atoms with van der Waals surface area (Å²) in [5.74, 6) is 5.68. The maximum Gasteiger partial charge on any atom is 0.234 e. The van der Waals surface area contributed by atoms with Gasteiger partial charge in [-0.15, -0.1) is 11.8 Å². The molecular weight excluding hydrogens is 212 g/mol. The maximum atomic E-state index is 11.2. The van der Waals surface area contributed by atoms with Crippen LogP contribution < -0.4 is 21.9 Å². The Morgan fingerprint density at radius 1 is 1.53 bits per heavy atom. The summed E-state index contributed by atoms with van der Waals surface area (Å²) in [7, 11) is 0. The second-order valence-electron chi connectivity index (χ2n) is 3.11. The zero-order valence-electron chi connectivity index (χ0n) is 8.04. The molecule has 0 aromatic heterocycles. The Bertz CT molecular complexity index is 382. The van der Waals surface area contributed by atoms with E-state index in [-0.39, 0.29) is 5.91 Å². The van der Waals surface area contributed by atoms with Crippen molar-refractivity contribution in [3.63, 3.8) is 0 Å². The molecule has 0 fully saturated rings. The zero-order valence-corrected chi connectivity index (χ0v) is 8.86. The number of carbonyl (C=O) groups excluding carboxylic acids is 1. The lowest BCUT2D eigenvalue weighted by atomic mass is 10.2. The van der Waals surface area contributed by atoms with E-state index in [0.717, 1.165) is 16.3 Å². The van der Waals surface area contributed by atoms with Crippen molar-refractivity contribution in [3.8, 4) is 0 Å². The Hall–Kier alpha value is -1.24. The number of rotatable bonds is 3. The van der Waals surface area contributed by atoms with E-state index in [1.54, 1.807) is 11.8 Å². The molecule has 0 spiro atoms. The fourth-order valence-electron chi connectivity index (χ4n) is 1.35. The molecule has 1 aliphatic rings. The van der Waals surface area contributed by atoms with E-state index in [4.69, 9.17) is 5.84 Å². The Kier molecular flexibility index (Phi) is 3.10. The van der Waals surface area contributed by atoms with Crippen LogP contribution in [0.2, 0.25) is 0 Å². The van der Waals surface area contributed by atoms with Crippen molar-refractivity contribution >= 4 is 29.0 Å². The molecule has 0 atom stereocenters. The van der Waals surface area contributed by atoms with E-state index in [2.05, 4.69) is 16.1 Å². The fourth-order valence-corrected chi connectivity index (χ4v) is 2.13. The Balaban J connectivity index is 2.17. The number of fused-ring (bicyclic) bond motifs is 1. The third-order valence-corrected chi connectivity index (χ3v) is 3.08. The summed E-state index contributed by atoms with van der Waals surface area (Å²) in [6.07, 6.45) is 0. The number of anilines is 2. The van der Waals surface area contributed by atoms with Gasteiger partial charge in [0.25, 0.3) is 0 Å². The molecule has 1 amide bonds. The lowest BCUT2D eigenvalue weighted by Crippen LogP contribution is -2.28. The standard InChI is InChI=1S/C9H12N4OS/c10-12-5-11-6-1-2-8-7(3-6)13-9(14)4-15-8/h1-3,11-12H,4-5,10H2,(H,13,14). The van der Waals surface area contributed by atoms with E-state index in [1.165, 1.54) is 0 Å². The van der Waals surface area contributed by atoms with Gasteiger partial charge in [-0.05, 0) is 18.2 Å². The predicted molar refractivity (Wildman–Crippen MR) is 61.6 cm³/mol. The second-order valence-corrected chi connectivity index (χ2v) is 4.12. The van der Waals surface area contributed by atoms with Gasteiger partial charge in [0.2, 0.25) is 5.91 Å². The normalized spacial score (nSPS) is 14.3. The van der Waals surface area contributed by atoms with Crippen LogP contribution in [0.15, 0.2) is 23.1 Å². The number of thioether (sulfide) groups is 1. The highest BCUT2D eigenvalue weighted by Gasteiger charge is 2.14. The molecule has 0 radical (unpaired) electrons. The van der Waals surface area contributed by atoms with Gasteiger partial charge in [0.05, 0.1) is 18.1 Å². The highest BCUT2D eigenvalue weighted by Crippen LogP contribution is 2.33. The number of hydrazine groups is 1. The van der Waals surface area contributed by atoms with E-state index >= 15 is 0 Å². The molecule has 1 aromatic rings. The minimum Gasteiger partial charge on any atom is -0.371 e. The van der Waals surface area contributed by atoms with Crippen molar-refractivity contribution in [2.45, 2.75) is 4.90 Å². The van der Waals surface area contributed by atoms with Gasteiger partial charge in [-0.25, -0.2) is 5.43 Å². The molecule has 1 aliphatic heterocycles. The van der Waals surface area contributed by atoms with Gasteiger partial charge in [0.1, 0.15) is 0 Å². The van der Waals surface area contributed by atoms with Crippen LogP contribution in [0.25, 0.3) is 0 Å². The number of amides is 1. The first kappa shape index (κ1) is 10.3. The van der Waals surface area contributed by atoms with Crippen LogP contribution in [-0.2, 0) is 4.79 Å². The number of hydrogen-bond donors (Lipinski definition) is 4. The summed E-state index contributed by atoms with van der Waals surface area (Å²) in [4.78, 5) is 12.3. The molecule has 0 saturated carbocycles. The topological polar surface area (TPSA) is 79.2 Å². The molecule has 15 heavy (non-hydrogen) atoms. The van der Waals surface area contributed by atoms with E-state index in [0.29, 0.717) is 12.4 Å². The molecule has 0 saturated heterocycles. The number of hydrogen-bond acceptors (Lipinski definition) is 5. The molecule has 5 N–H and O–H groups in total. The number of benzene rings is 1. The first-order valence-electron chi connectivity index (χ1n) is 4.53. The van der Waals surface area contributed by atoms with Gasteiger partial charge in [-0.2, -0.15) is 0 Å². The van der Waals surface area contributed by atoms with Gasteiger partial charge < -0.3 is 10.6 Å². The molecule has 1 heterocycles. The lowest BCUT2D eigenvalue weighted by Gasteiger charge is -2.17. The van der Waals surface area contributed by atoms with Crippen LogP contribution in [0.1, 0.15) is 0 Å². The number of carbonyl (C=O) groups is 1. The van der Waals surface area contributed by atoms with Crippen molar-refractivity contribution in [2.75, 3.05) is 23.1 Å². The molecule has 0 aliphatic carbocycles. The quantitative estimate of drug-likeness (QED) is 0.343. The van der Waals surface area contributed by atoms with Crippen LogP contribution >= 0.6 is 11.8 Å². The minimum absolute atomic E-state index is 0.0431. The summed E-state index contributed by atoms with van der Waals surface area (Å²) in [6.45, 7) is 0.486. The Labute approximate surface area is 91.8 Å². The fraction of sp³-hybridized carbons (Fsp3) is 0.222. The smallest absolute Gasteiger partial charge is 0.234 e. The molecule has 2 rings (SSSR count). The summed E-state index contributed by atoms with van der Waals surface area (Å²) in [5, 5.41) is 5.89. The average Bonchev–Trinajstić information content (AvgIpc) is 2.25. The van der Waals surface area contributed by atoms with E-state index in [9.17, 15) is 4.79 Å². The Morgan fingerprint density at radius 2 is 2.40 bits per heavy atom. The Morgan fingerprint density at radius 3 is 3.20 bits per heavy atom. The summed E-state index contributed by atoms with van der Waals surface area (Å²) >= 11 is 1.55. The maximum absolute atomic E-state index is 11.2. The highest BCUT2D eigenvalue weighted by molar-refractivity contribution is 8.00. The number of nitrogens with two attached hydrogens (primary N) is 1. The van der Waals surface area contributed by atoms with Crippen molar-refractivity contribution in [1.82, 2.24) is 5.43 Å². The SMILES string of the molecule is NNCNc1ccc2c(c1)NC(=O)CS2. The summed E-state index contributed by atoms with van der Waals surface area (Å²) in [5.41, 5.74) is 4.29. The van der Waals surface area contributed by atoms with Crippen LogP contribution in [0.3, 0.4) is 0 Å². The van der Waals surface area contributed by atoms with Crippen molar-refractivity contribution in [1.29, 1.82) is 0 Å². The van der Waals surface area contributed by atoms with Gasteiger partial charge in [0.15, 0.2) is 0 Å². The molecule has 6 heteroatoms. The summed E-state index contributed by atoms with van der Waals surface area (Å²) < 4.78 is 0. The minimum atomic E-state index is 0.0431. The zero-order chi connectivity index (χ0) is 10.7. The van der Waals surface area contributed by atoms with E-state index < -0.39 is 0 Å². The molecule has 80 valence electrons. The van der Waals surface area contributed by atoms with E-state index in [1.807, 2.05) is 18.2 Å². The second kappa shape index (κ2) is 4.52. The van der Waals surface area contributed by atoms with Crippen molar-refractivity contribution in [3.05, 3.63) is 18.2 Å². The first-order chi connectivity index (χ1) is 7.29. The average molecular weight is 224 g/mol. The third kappa shape index (κ3) is 2.41. The van der Waals surface area contributed by atoms with Crippen molar-refractivity contribution < 1.29 is 4.79 Å². The monoisotopic (exact) mass is 224 g/mol. The molecule has 5 nitrogen and oxygen atoms in total. The predicted octanol–water partition coefficient (Wildman–Crippen LogP) is 0.563. The molecular formula is C9H12N4OS.